The van der Waals surface area contributed by atoms with Crippen LogP contribution in [0.3, 0.4) is 0 Å². The van der Waals surface area contributed by atoms with E-state index in [1.54, 1.807) is 12.8 Å². The molecule has 6 atom stereocenters. The van der Waals surface area contributed by atoms with Crippen LogP contribution in [-0.4, -0.2) is 0 Å². The highest BCUT2D eigenvalue weighted by Gasteiger charge is 2.75. The van der Waals surface area contributed by atoms with E-state index in [2.05, 4.69) is 20.8 Å². The Morgan fingerprint density at radius 2 is 2.08 bits per heavy atom. The van der Waals surface area contributed by atoms with Gasteiger partial charge in [0.05, 0.1) is 0 Å². The topological polar surface area (TPSA) is 0 Å². The van der Waals surface area contributed by atoms with E-state index >= 15 is 0 Å². The standard InChI is InChI=1S/C13H22/c1-4-8(3)13-7-10(11(13)5-2)9-6-12(9)13/h8-12H,4-7H2,1-3H3. The summed E-state index contributed by atoms with van der Waals surface area (Å²) in [7, 11) is 0. The normalized spacial score (nSPS) is 58.4. The van der Waals surface area contributed by atoms with Crippen LogP contribution in [-0.2, 0) is 0 Å². The molecule has 4 rings (SSSR count). The first kappa shape index (κ1) is 8.32. The second kappa shape index (κ2) is 2.32. The summed E-state index contributed by atoms with van der Waals surface area (Å²) in [6.45, 7) is 7.31. The molecule has 6 unspecified atom stereocenters. The van der Waals surface area contributed by atoms with E-state index in [0.29, 0.717) is 0 Å². The Kier molecular flexibility index (Phi) is 1.49. The van der Waals surface area contributed by atoms with Crippen molar-refractivity contribution < 1.29 is 0 Å². The Bertz CT molecular complexity index is 232. The fourth-order valence-electron chi connectivity index (χ4n) is 5.12. The number of hydrogen-bond donors (Lipinski definition) is 0. The van der Waals surface area contributed by atoms with Gasteiger partial charge in [-0.3, -0.25) is 0 Å². The third-order valence-corrected chi connectivity index (χ3v) is 5.85. The first-order valence-corrected chi connectivity index (χ1v) is 6.25. The summed E-state index contributed by atoms with van der Waals surface area (Å²) in [6.07, 6.45) is 6.08. The molecule has 0 amide bonds. The molecule has 4 aliphatic carbocycles. The minimum absolute atomic E-state index is 0.846. The Hall–Kier alpha value is 0. The van der Waals surface area contributed by atoms with Gasteiger partial charge in [0.15, 0.2) is 0 Å². The predicted molar refractivity (Wildman–Crippen MR) is 55.4 cm³/mol. The van der Waals surface area contributed by atoms with Crippen molar-refractivity contribution in [3.8, 4) is 0 Å². The summed E-state index contributed by atoms with van der Waals surface area (Å²) in [6, 6.07) is 0. The molecular weight excluding hydrogens is 156 g/mol. The van der Waals surface area contributed by atoms with Crippen LogP contribution in [0.25, 0.3) is 0 Å². The van der Waals surface area contributed by atoms with Crippen LogP contribution in [0, 0.1) is 35.0 Å². The molecule has 0 heteroatoms. The second-order valence-corrected chi connectivity index (χ2v) is 5.81. The zero-order valence-electron chi connectivity index (χ0n) is 9.22. The van der Waals surface area contributed by atoms with Gasteiger partial charge < -0.3 is 0 Å². The molecule has 0 aromatic carbocycles. The van der Waals surface area contributed by atoms with Crippen molar-refractivity contribution >= 4 is 0 Å². The van der Waals surface area contributed by atoms with Gasteiger partial charge in [-0.05, 0) is 47.8 Å². The highest BCUT2D eigenvalue weighted by Crippen LogP contribution is 2.82. The molecule has 13 heavy (non-hydrogen) atoms. The summed E-state index contributed by atoms with van der Waals surface area (Å²) in [4.78, 5) is 0. The summed E-state index contributed by atoms with van der Waals surface area (Å²) < 4.78 is 0. The summed E-state index contributed by atoms with van der Waals surface area (Å²) in [5.41, 5.74) is 0.846. The molecule has 74 valence electrons. The summed E-state index contributed by atoms with van der Waals surface area (Å²) >= 11 is 0. The van der Waals surface area contributed by atoms with Gasteiger partial charge in [0, 0.05) is 0 Å². The Morgan fingerprint density at radius 3 is 2.62 bits per heavy atom. The quantitative estimate of drug-likeness (QED) is 0.618. The van der Waals surface area contributed by atoms with E-state index in [1.165, 1.54) is 30.6 Å². The van der Waals surface area contributed by atoms with Gasteiger partial charge >= 0.3 is 0 Å². The van der Waals surface area contributed by atoms with Crippen molar-refractivity contribution in [2.24, 2.45) is 35.0 Å². The molecule has 0 spiro atoms. The van der Waals surface area contributed by atoms with Gasteiger partial charge in [-0.15, -0.1) is 0 Å². The van der Waals surface area contributed by atoms with Crippen LogP contribution >= 0.6 is 0 Å². The minimum Gasteiger partial charge on any atom is -0.0651 e. The van der Waals surface area contributed by atoms with E-state index in [-0.39, 0.29) is 0 Å². The fourth-order valence-corrected chi connectivity index (χ4v) is 5.12. The van der Waals surface area contributed by atoms with Crippen LogP contribution in [0.1, 0.15) is 46.5 Å². The number of rotatable bonds is 3. The van der Waals surface area contributed by atoms with Crippen molar-refractivity contribution in [2.45, 2.75) is 46.5 Å². The van der Waals surface area contributed by atoms with Crippen molar-refractivity contribution in [1.29, 1.82) is 0 Å². The van der Waals surface area contributed by atoms with Crippen molar-refractivity contribution in [2.75, 3.05) is 0 Å². The minimum atomic E-state index is 0.846. The van der Waals surface area contributed by atoms with Crippen LogP contribution in [0.5, 0.6) is 0 Å². The lowest BCUT2D eigenvalue weighted by molar-refractivity contribution is -0.0606. The molecule has 2 bridgehead atoms. The maximum Gasteiger partial charge on any atom is -0.0207 e. The maximum absolute atomic E-state index is 2.51. The zero-order chi connectivity index (χ0) is 9.22. The highest BCUT2D eigenvalue weighted by atomic mass is 14.8. The second-order valence-electron chi connectivity index (χ2n) is 5.81. The smallest absolute Gasteiger partial charge is 0.0207 e. The first-order chi connectivity index (χ1) is 6.25. The summed E-state index contributed by atoms with van der Waals surface area (Å²) in [5, 5.41) is 0. The molecule has 0 aromatic heterocycles. The van der Waals surface area contributed by atoms with E-state index in [9.17, 15) is 0 Å². The molecule has 0 heterocycles. The average molecular weight is 178 g/mol. The molecular formula is C13H22. The fraction of sp³-hybridized carbons (Fsp3) is 1.00. The van der Waals surface area contributed by atoms with E-state index in [1.807, 2.05) is 0 Å². The number of hydrogen-bond acceptors (Lipinski definition) is 0. The van der Waals surface area contributed by atoms with Crippen LogP contribution in [0.2, 0.25) is 0 Å². The van der Waals surface area contributed by atoms with Gasteiger partial charge in [-0.1, -0.05) is 33.6 Å². The van der Waals surface area contributed by atoms with E-state index in [0.717, 1.165) is 17.3 Å². The van der Waals surface area contributed by atoms with E-state index < -0.39 is 0 Å². The van der Waals surface area contributed by atoms with Gasteiger partial charge in [0.1, 0.15) is 0 Å². The van der Waals surface area contributed by atoms with Gasteiger partial charge in [-0.25, -0.2) is 0 Å². The SMILES string of the molecule is CCC(C)C12CC(C3CC31)C2CC. The van der Waals surface area contributed by atoms with Crippen LogP contribution in [0.15, 0.2) is 0 Å². The predicted octanol–water partition coefficient (Wildman–Crippen LogP) is 3.71. The van der Waals surface area contributed by atoms with Gasteiger partial charge in [0.2, 0.25) is 0 Å². The molecule has 0 nitrogen and oxygen atoms in total. The molecule has 4 fully saturated rings. The monoisotopic (exact) mass is 178 g/mol. The molecule has 0 radical (unpaired) electrons. The molecule has 0 aliphatic heterocycles. The molecule has 4 aliphatic rings. The Balaban J connectivity index is 1.89. The van der Waals surface area contributed by atoms with Crippen molar-refractivity contribution in [3.05, 3.63) is 0 Å². The lowest BCUT2D eigenvalue weighted by Crippen LogP contribution is -2.48. The van der Waals surface area contributed by atoms with Gasteiger partial charge in [-0.2, -0.15) is 0 Å². The maximum atomic E-state index is 2.51. The molecule has 0 aromatic rings. The largest absolute Gasteiger partial charge is 0.0651 e. The zero-order valence-corrected chi connectivity index (χ0v) is 9.22. The molecule has 4 saturated carbocycles. The summed E-state index contributed by atoms with van der Waals surface area (Å²) in [5.74, 6) is 5.68. The highest BCUT2D eigenvalue weighted by molar-refractivity contribution is 5.23. The lowest BCUT2D eigenvalue weighted by Gasteiger charge is -2.54. The molecule has 0 saturated heterocycles. The van der Waals surface area contributed by atoms with E-state index in [4.69, 9.17) is 0 Å². The average Bonchev–Trinajstić information content (AvgIpc) is 2.75. The third-order valence-electron chi connectivity index (χ3n) is 5.85. The third kappa shape index (κ3) is 0.714. The Labute approximate surface area is 82.1 Å². The van der Waals surface area contributed by atoms with Gasteiger partial charge in [0.25, 0.3) is 0 Å². The first-order valence-electron chi connectivity index (χ1n) is 6.25. The van der Waals surface area contributed by atoms with Crippen molar-refractivity contribution in [3.63, 3.8) is 0 Å². The lowest BCUT2D eigenvalue weighted by atomic mass is 9.50. The van der Waals surface area contributed by atoms with Crippen molar-refractivity contribution in [1.82, 2.24) is 0 Å². The molecule has 0 N–H and O–H groups in total. The van der Waals surface area contributed by atoms with Crippen LogP contribution in [0.4, 0.5) is 0 Å². The Morgan fingerprint density at radius 1 is 1.31 bits per heavy atom. The van der Waals surface area contributed by atoms with Crippen LogP contribution < -0.4 is 0 Å².